The van der Waals surface area contributed by atoms with Crippen LogP contribution in [0.3, 0.4) is 0 Å². The van der Waals surface area contributed by atoms with Crippen molar-refractivity contribution >= 4 is 17.5 Å². The second-order valence-corrected chi connectivity index (χ2v) is 6.94. The zero-order chi connectivity index (χ0) is 20.4. The largest absolute Gasteiger partial charge is 0.338 e. The van der Waals surface area contributed by atoms with Gasteiger partial charge in [0.1, 0.15) is 5.82 Å². The number of benzene rings is 2. The summed E-state index contributed by atoms with van der Waals surface area (Å²) in [4.78, 5) is 13.4. The molecular weight excluding hydrogens is 379 g/mol. The fraction of sp³-hybridized carbons (Fsp3) is 0.238. The summed E-state index contributed by atoms with van der Waals surface area (Å²) in [7, 11) is 2.05. The highest BCUT2D eigenvalue weighted by molar-refractivity contribution is 5.67. The lowest BCUT2D eigenvalue weighted by molar-refractivity contribution is 0.311. The van der Waals surface area contributed by atoms with Crippen LogP contribution in [0, 0.1) is 17.5 Å². The molecule has 0 saturated carbocycles. The van der Waals surface area contributed by atoms with Gasteiger partial charge in [-0.2, -0.15) is 4.98 Å². The average Bonchev–Trinajstić information content (AvgIpc) is 2.75. The summed E-state index contributed by atoms with van der Waals surface area (Å²) in [5.74, 6) is -3.24. The van der Waals surface area contributed by atoms with Crippen LogP contribution in [0.1, 0.15) is 0 Å². The van der Waals surface area contributed by atoms with E-state index >= 15 is 0 Å². The Hall–Kier alpha value is -3.13. The van der Waals surface area contributed by atoms with E-state index in [1.165, 1.54) is 0 Å². The first-order valence-electron chi connectivity index (χ1n) is 9.30. The minimum absolute atomic E-state index is 0.189. The average molecular weight is 399 g/mol. The molecule has 0 aliphatic carbocycles. The van der Waals surface area contributed by atoms with Gasteiger partial charge < -0.3 is 15.1 Å². The van der Waals surface area contributed by atoms with Gasteiger partial charge in [-0.15, -0.1) is 0 Å². The zero-order valence-corrected chi connectivity index (χ0v) is 15.9. The van der Waals surface area contributed by atoms with E-state index in [1.54, 1.807) is 6.07 Å². The van der Waals surface area contributed by atoms with Crippen molar-refractivity contribution in [1.82, 2.24) is 14.9 Å². The first-order chi connectivity index (χ1) is 14.0. The molecule has 1 aromatic heterocycles. The van der Waals surface area contributed by atoms with Crippen molar-refractivity contribution in [3.05, 3.63) is 66.0 Å². The number of hydrogen-bond acceptors (Lipinski definition) is 5. The molecule has 0 atom stereocenters. The summed E-state index contributed by atoms with van der Waals surface area (Å²) in [6, 6.07) is 13.2. The summed E-state index contributed by atoms with van der Waals surface area (Å²) >= 11 is 0. The maximum atomic E-state index is 14.1. The third-order valence-electron chi connectivity index (χ3n) is 4.87. The first kappa shape index (κ1) is 19.2. The number of aromatic nitrogens is 2. The van der Waals surface area contributed by atoms with E-state index in [1.807, 2.05) is 30.3 Å². The van der Waals surface area contributed by atoms with Crippen molar-refractivity contribution in [1.29, 1.82) is 0 Å². The summed E-state index contributed by atoms with van der Waals surface area (Å²) in [6.07, 6.45) is 0. The van der Waals surface area contributed by atoms with E-state index in [9.17, 15) is 13.2 Å². The van der Waals surface area contributed by atoms with E-state index in [-0.39, 0.29) is 5.69 Å². The molecule has 4 rings (SSSR count). The molecule has 0 unspecified atom stereocenters. The molecule has 150 valence electrons. The number of piperazine rings is 1. The Morgan fingerprint density at radius 1 is 0.862 bits per heavy atom. The molecule has 1 saturated heterocycles. The van der Waals surface area contributed by atoms with Gasteiger partial charge in [-0.25, -0.2) is 18.2 Å². The lowest BCUT2D eigenvalue weighted by atomic mass is 10.1. The maximum absolute atomic E-state index is 14.1. The van der Waals surface area contributed by atoms with Crippen molar-refractivity contribution in [2.75, 3.05) is 43.4 Å². The number of nitrogens with one attached hydrogen (secondary N) is 1. The second kappa shape index (κ2) is 8.08. The highest BCUT2D eigenvalue weighted by Gasteiger charge is 2.19. The van der Waals surface area contributed by atoms with E-state index in [0.29, 0.717) is 17.5 Å². The second-order valence-electron chi connectivity index (χ2n) is 6.94. The van der Waals surface area contributed by atoms with Gasteiger partial charge in [0.2, 0.25) is 5.95 Å². The standard InChI is InChI=1S/C21H20F3N5/c1-28-9-11-29(12-10-28)21-26-17(14-5-3-2-4-6-14)13-18(27-21)25-16-8-7-15(22)19(23)20(16)24/h2-8,13H,9-12H2,1H3,(H,25,26,27). The fourth-order valence-corrected chi connectivity index (χ4v) is 3.16. The summed E-state index contributed by atoms with van der Waals surface area (Å²) in [5.41, 5.74) is 1.34. The molecule has 1 aliphatic rings. The maximum Gasteiger partial charge on any atom is 0.227 e. The van der Waals surface area contributed by atoms with Crippen molar-refractivity contribution in [2.24, 2.45) is 0 Å². The van der Waals surface area contributed by atoms with Crippen molar-refractivity contribution in [3.8, 4) is 11.3 Å². The van der Waals surface area contributed by atoms with Gasteiger partial charge >= 0.3 is 0 Å². The molecule has 8 heteroatoms. The van der Waals surface area contributed by atoms with E-state index in [0.717, 1.165) is 43.9 Å². The van der Waals surface area contributed by atoms with Crippen LogP contribution in [0.5, 0.6) is 0 Å². The monoisotopic (exact) mass is 399 g/mol. The molecule has 2 aromatic carbocycles. The number of likely N-dealkylation sites (N-methyl/N-ethyl adjacent to an activating group) is 1. The third kappa shape index (κ3) is 4.17. The highest BCUT2D eigenvalue weighted by Crippen LogP contribution is 2.27. The van der Waals surface area contributed by atoms with Crippen molar-refractivity contribution in [2.45, 2.75) is 0 Å². The predicted octanol–water partition coefficient (Wildman–Crippen LogP) is 4.06. The molecule has 1 aliphatic heterocycles. The molecule has 0 spiro atoms. The molecule has 5 nitrogen and oxygen atoms in total. The van der Waals surface area contributed by atoms with Crippen LogP contribution in [0.25, 0.3) is 11.3 Å². The lowest BCUT2D eigenvalue weighted by Crippen LogP contribution is -2.45. The quantitative estimate of drug-likeness (QED) is 0.671. The van der Waals surface area contributed by atoms with Crippen molar-refractivity contribution in [3.63, 3.8) is 0 Å². The predicted molar refractivity (Wildman–Crippen MR) is 107 cm³/mol. The zero-order valence-electron chi connectivity index (χ0n) is 15.9. The van der Waals surface area contributed by atoms with Gasteiger partial charge in [-0.05, 0) is 19.2 Å². The Bertz CT molecular complexity index is 1000. The van der Waals surface area contributed by atoms with Crippen LogP contribution >= 0.6 is 0 Å². The summed E-state index contributed by atoms with van der Waals surface area (Å²) in [6.45, 7) is 3.26. The number of hydrogen-bond donors (Lipinski definition) is 1. The molecule has 1 fully saturated rings. The smallest absolute Gasteiger partial charge is 0.227 e. The topological polar surface area (TPSA) is 44.3 Å². The van der Waals surface area contributed by atoms with Crippen LogP contribution in [0.2, 0.25) is 0 Å². The van der Waals surface area contributed by atoms with Crippen molar-refractivity contribution < 1.29 is 13.2 Å². The Morgan fingerprint density at radius 2 is 1.59 bits per heavy atom. The molecule has 1 N–H and O–H groups in total. The Balaban J connectivity index is 1.73. The summed E-state index contributed by atoms with van der Waals surface area (Å²) < 4.78 is 41.0. The molecule has 0 radical (unpaired) electrons. The highest BCUT2D eigenvalue weighted by atomic mass is 19.2. The van der Waals surface area contributed by atoms with Crippen LogP contribution < -0.4 is 10.2 Å². The Morgan fingerprint density at radius 3 is 2.31 bits per heavy atom. The van der Waals surface area contributed by atoms with Crippen LogP contribution in [-0.4, -0.2) is 48.1 Å². The third-order valence-corrected chi connectivity index (χ3v) is 4.87. The molecular formula is C21H20F3N5. The normalized spacial score (nSPS) is 14.8. The lowest BCUT2D eigenvalue weighted by Gasteiger charge is -2.32. The van der Waals surface area contributed by atoms with Gasteiger partial charge in [0.25, 0.3) is 0 Å². The SMILES string of the molecule is CN1CCN(c2nc(Nc3ccc(F)c(F)c3F)cc(-c3ccccc3)n2)CC1. The number of halogens is 3. The molecule has 3 aromatic rings. The molecule has 29 heavy (non-hydrogen) atoms. The van der Waals surface area contributed by atoms with Crippen LogP contribution in [-0.2, 0) is 0 Å². The van der Waals surface area contributed by atoms with Crippen LogP contribution in [0.15, 0.2) is 48.5 Å². The van der Waals surface area contributed by atoms with Gasteiger partial charge in [-0.1, -0.05) is 30.3 Å². The van der Waals surface area contributed by atoms with E-state index in [2.05, 4.69) is 32.1 Å². The number of anilines is 3. The van der Waals surface area contributed by atoms with Crippen LogP contribution in [0.4, 0.5) is 30.6 Å². The minimum Gasteiger partial charge on any atom is -0.338 e. The minimum atomic E-state index is -1.52. The van der Waals surface area contributed by atoms with Gasteiger partial charge in [0, 0.05) is 37.8 Å². The Labute approximate surface area is 166 Å². The van der Waals surface area contributed by atoms with Gasteiger partial charge in [0.15, 0.2) is 17.5 Å². The molecule has 0 bridgehead atoms. The van der Waals surface area contributed by atoms with Gasteiger partial charge in [0.05, 0.1) is 11.4 Å². The molecule has 2 heterocycles. The summed E-state index contributed by atoms with van der Waals surface area (Å²) in [5, 5.41) is 2.77. The number of rotatable bonds is 4. The van der Waals surface area contributed by atoms with Gasteiger partial charge in [-0.3, -0.25) is 0 Å². The fourth-order valence-electron chi connectivity index (χ4n) is 3.16. The van der Waals surface area contributed by atoms with E-state index in [4.69, 9.17) is 0 Å². The first-order valence-corrected chi connectivity index (χ1v) is 9.30. The molecule has 0 amide bonds. The Kier molecular flexibility index (Phi) is 5.35. The number of nitrogens with zero attached hydrogens (tertiary/aromatic N) is 4. The van der Waals surface area contributed by atoms with E-state index < -0.39 is 17.5 Å².